The topological polar surface area (TPSA) is 98.2 Å². The third-order valence-electron chi connectivity index (χ3n) is 5.74. The molecule has 5 rings (SSSR count). The molecule has 0 unspecified atom stereocenters. The zero-order valence-corrected chi connectivity index (χ0v) is 18.8. The van der Waals surface area contributed by atoms with E-state index < -0.39 is 0 Å². The smallest absolute Gasteiger partial charge is 0.257 e. The van der Waals surface area contributed by atoms with Crippen LogP contribution in [0.25, 0.3) is 22.2 Å². The summed E-state index contributed by atoms with van der Waals surface area (Å²) in [7, 11) is 0. The van der Waals surface area contributed by atoms with Crippen molar-refractivity contribution in [3.63, 3.8) is 0 Å². The summed E-state index contributed by atoms with van der Waals surface area (Å²) in [5.41, 5.74) is 12.2. The Kier molecular flexibility index (Phi) is 5.74. The standard InChI is InChI=1S/C27H24N6O/c1-18-9-5-6-12-20(18)17-30-33-25(28)23(27(34)29-16-15-19-10-3-2-4-11-19)24-26(33)32-22-14-8-7-13-21(22)31-24/h2-14,17H,15-16,28H2,1H3,(H,29,34). The number of aromatic nitrogens is 3. The Bertz CT molecular complexity index is 1520. The molecule has 5 aromatic rings. The maximum absolute atomic E-state index is 13.2. The van der Waals surface area contributed by atoms with Crippen molar-refractivity contribution in [2.24, 2.45) is 5.10 Å². The highest BCUT2D eigenvalue weighted by Crippen LogP contribution is 2.28. The highest BCUT2D eigenvalue weighted by atomic mass is 16.1. The number of amides is 1. The van der Waals surface area contributed by atoms with E-state index in [0.717, 1.165) is 16.7 Å². The first-order valence-corrected chi connectivity index (χ1v) is 11.1. The van der Waals surface area contributed by atoms with Gasteiger partial charge < -0.3 is 11.1 Å². The maximum atomic E-state index is 13.2. The molecule has 0 saturated carbocycles. The normalized spacial score (nSPS) is 11.4. The Morgan fingerprint density at radius 1 is 0.971 bits per heavy atom. The van der Waals surface area contributed by atoms with Crippen LogP contribution < -0.4 is 11.1 Å². The lowest BCUT2D eigenvalue weighted by atomic mass is 10.1. The Hall–Kier alpha value is -4.52. The first-order chi connectivity index (χ1) is 16.6. The first kappa shape index (κ1) is 21.3. The minimum absolute atomic E-state index is 0.201. The number of aryl methyl sites for hydroxylation is 1. The fourth-order valence-electron chi connectivity index (χ4n) is 3.89. The van der Waals surface area contributed by atoms with Gasteiger partial charge in [-0.25, -0.2) is 9.97 Å². The maximum Gasteiger partial charge on any atom is 0.257 e. The Morgan fingerprint density at radius 3 is 2.41 bits per heavy atom. The van der Waals surface area contributed by atoms with Crippen molar-refractivity contribution in [3.8, 4) is 0 Å². The number of fused-ring (bicyclic) bond motifs is 2. The average Bonchev–Trinajstić information content (AvgIpc) is 3.12. The van der Waals surface area contributed by atoms with Crippen molar-refractivity contribution in [1.82, 2.24) is 20.0 Å². The van der Waals surface area contributed by atoms with E-state index >= 15 is 0 Å². The van der Waals surface area contributed by atoms with Crippen molar-refractivity contribution in [3.05, 3.63) is 101 Å². The number of nitrogens with one attached hydrogen (secondary N) is 1. The summed E-state index contributed by atoms with van der Waals surface area (Å²) in [6, 6.07) is 25.4. The van der Waals surface area contributed by atoms with Gasteiger partial charge in [-0.05, 0) is 42.2 Å². The zero-order chi connectivity index (χ0) is 23.5. The molecule has 0 spiro atoms. The van der Waals surface area contributed by atoms with Crippen LogP contribution in [0.15, 0.2) is 84.0 Å². The molecule has 0 aliphatic heterocycles. The molecule has 3 aromatic carbocycles. The molecule has 0 atom stereocenters. The van der Waals surface area contributed by atoms with Gasteiger partial charge in [0.05, 0.1) is 17.2 Å². The Balaban J connectivity index is 1.55. The van der Waals surface area contributed by atoms with Gasteiger partial charge in [0, 0.05) is 6.54 Å². The number of nitrogens with zero attached hydrogens (tertiary/aromatic N) is 4. The van der Waals surface area contributed by atoms with Gasteiger partial charge in [-0.15, -0.1) is 0 Å². The number of rotatable bonds is 6. The minimum atomic E-state index is -0.298. The summed E-state index contributed by atoms with van der Waals surface area (Å²) in [6.45, 7) is 2.49. The van der Waals surface area contributed by atoms with Gasteiger partial charge >= 0.3 is 0 Å². The predicted molar refractivity (Wildman–Crippen MR) is 136 cm³/mol. The van der Waals surface area contributed by atoms with Gasteiger partial charge in [0.15, 0.2) is 5.65 Å². The first-order valence-electron chi connectivity index (χ1n) is 11.1. The third-order valence-corrected chi connectivity index (χ3v) is 5.74. The van der Waals surface area contributed by atoms with Crippen LogP contribution in [0.1, 0.15) is 27.0 Å². The van der Waals surface area contributed by atoms with Crippen molar-refractivity contribution in [2.75, 3.05) is 12.3 Å². The molecule has 0 saturated heterocycles. The zero-order valence-electron chi connectivity index (χ0n) is 18.8. The molecule has 2 aromatic heterocycles. The largest absolute Gasteiger partial charge is 0.383 e. The quantitative estimate of drug-likeness (QED) is 0.378. The molecule has 1 amide bonds. The van der Waals surface area contributed by atoms with Crippen molar-refractivity contribution >= 4 is 40.1 Å². The Morgan fingerprint density at radius 2 is 1.65 bits per heavy atom. The SMILES string of the molecule is Cc1ccccc1C=Nn1c(N)c(C(=O)NCCc2ccccc2)c2nc3ccccc3nc21. The van der Waals surface area contributed by atoms with E-state index in [9.17, 15) is 4.79 Å². The van der Waals surface area contributed by atoms with Crippen LogP contribution in [0, 0.1) is 6.92 Å². The van der Waals surface area contributed by atoms with Crippen LogP contribution in [-0.2, 0) is 6.42 Å². The minimum Gasteiger partial charge on any atom is -0.383 e. The Labute approximate surface area is 197 Å². The lowest BCUT2D eigenvalue weighted by Crippen LogP contribution is -2.26. The van der Waals surface area contributed by atoms with Gasteiger partial charge in [-0.1, -0.05) is 66.7 Å². The van der Waals surface area contributed by atoms with E-state index in [0.29, 0.717) is 35.2 Å². The van der Waals surface area contributed by atoms with Gasteiger partial charge in [0.2, 0.25) is 0 Å². The summed E-state index contributed by atoms with van der Waals surface area (Å²) in [6.07, 6.45) is 2.43. The monoisotopic (exact) mass is 448 g/mol. The number of carbonyl (C=O) groups is 1. The molecular formula is C27H24N6O. The highest BCUT2D eigenvalue weighted by Gasteiger charge is 2.24. The number of anilines is 1. The number of hydrogen-bond donors (Lipinski definition) is 2. The highest BCUT2D eigenvalue weighted by molar-refractivity contribution is 6.10. The number of nitrogens with two attached hydrogens (primary N) is 1. The van der Waals surface area contributed by atoms with E-state index in [1.807, 2.05) is 85.8 Å². The molecule has 7 nitrogen and oxygen atoms in total. The summed E-state index contributed by atoms with van der Waals surface area (Å²) in [5.74, 6) is -0.0970. The number of benzene rings is 3. The lowest BCUT2D eigenvalue weighted by Gasteiger charge is -2.06. The molecule has 3 N–H and O–H groups in total. The van der Waals surface area contributed by atoms with Crippen LogP contribution in [0.4, 0.5) is 5.82 Å². The molecule has 0 aliphatic rings. The molecule has 2 heterocycles. The van der Waals surface area contributed by atoms with Crippen LogP contribution in [0.3, 0.4) is 0 Å². The van der Waals surface area contributed by atoms with Crippen molar-refractivity contribution in [2.45, 2.75) is 13.3 Å². The fourth-order valence-corrected chi connectivity index (χ4v) is 3.89. The molecule has 0 aliphatic carbocycles. The van der Waals surface area contributed by atoms with E-state index in [2.05, 4.69) is 10.4 Å². The fraction of sp³-hybridized carbons (Fsp3) is 0.111. The summed E-state index contributed by atoms with van der Waals surface area (Å²) in [4.78, 5) is 22.7. The molecule has 7 heteroatoms. The second-order valence-electron chi connectivity index (χ2n) is 8.05. The van der Waals surface area contributed by atoms with E-state index in [-0.39, 0.29) is 17.3 Å². The van der Waals surface area contributed by atoms with Gasteiger partial charge in [0.25, 0.3) is 5.91 Å². The average molecular weight is 449 g/mol. The molecular weight excluding hydrogens is 424 g/mol. The number of nitrogen functional groups attached to an aromatic ring is 1. The van der Waals surface area contributed by atoms with Crippen LogP contribution in [0.2, 0.25) is 0 Å². The molecule has 168 valence electrons. The molecule has 0 fully saturated rings. The van der Waals surface area contributed by atoms with Gasteiger partial charge in [0.1, 0.15) is 16.9 Å². The number of carbonyl (C=O) groups excluding carboxylic acids is 1. The van der Waals surface area contributed by atoms with Crippen LogP contribution in [-0.4, -0.2) is 33.3 Å². The number of hydrogen-bond acceptors (Lipinski definition) is 5. The van der Waals surface area contributed by atoms with Gasteiger partial charge in [-0.3, -0.25) is 4.79 Å². The number of para-hydroxylation sites is 2. The van der Waals surface area contributed by atoms with Crippen molar-refractivity contribution in [1.29, 1.82) is 0 Å². The van der Waals surface area contributed by atoms with E-state index in [1.54, 1.807) is 6.21 Å². The summed E-state index contributed by atoms with van der Waals surface area (Å²) < 4.78 is 1.49. The van der Waals surface area contributed by atoms with E-state index in [4.69, 9.17) is 15.7 Å². The molecule has 34 heavy (non-hydrogen) atoms. The summed E-state index contributed by atoms with van der Waals surface area (Å²) >= 11 is 0. The second-order valence-corrected chi connectivity index (χ2v) is 8.05. The van der Waals surface area contributed by atoms with Crippen LogP contribution >= 0.6 is 0 Å². The van der Waals surface area contributed by atoms with Crippen molar-refractivity contribution < 1.29 is 4.79 Å². The van der Waals surface area contributed by atoms with Crippen LogP contribution in [0.5, 0.6) is 0 Å². The van der Waals surface area contributed by atoms with E-state index in [1.165, 1.54) is 4.68 Å². The lowest BCUT2D eigenvalue weighted by molar-refractivity contribution is 0.0956. The predicted octanol–water partition coefficient (Wildman–Crippen LogP) is 4.33. The third kappa shape index (κ3) is 4.11. The summed E-state index contributed by atoms with van der Waals surface area (Å²) in [5, 5.41) is 7.56. The van der Waals surface area contributed by atoms with Gasteiger partial charge in [-0.2, -0.15) is 9.78 Å². The molecule has 0 radical (unpaired) electrons. The second kappa shape index (κ2) is 9.15. The molecule has 0 bridgehead atoms.